The number of hydrogen-bond acceptors (Lipinski definition) is 3. The molecule has 0 unspecified atom stereocenters. The fourth-order valence-corrected chi connectivity index (χ4v) is 3.33. The first kappa shape index (κ1) is 14.8. The minimum Gasteiger partial charge on any atom is -0.326 e. The van der Waals surface area contributed by atoms with Crippen LogP contribution in [0.1, 0.15) is 5.56 Å². The molecule has 3 N–H and O–H groups in total. The molecule has 0 heterocycles. The van der Waals surface area contributed by atoms with Crippen LogP contribution in [0.15, 0.2) is 47.4 Å². The van der Waals surface area contributed by atoms with E-state index in [1.54, 1.807) is 18.2 Å². The molecule has 0 aliphatic carbocycles. The van der Waals surface area contributed by atoms with Crippen LogP contribution in [0.2, 0.25) is 5.02 Å². The van der Waals surface area contributed by atoms with Crippen LogP contribution in [0.3, 0.4) is 0 Å². The molecule has 0 saturated carbocycles. The summed E-state index contributed by atoms with van der Waals surface area (Å²) in [6.45, 7) is 0.0576. The quantitative estimate of drug-likeness (QED) is 0.911. The summed E-state index contributed by atoms with van der Waals surface area (Å²) in [5.74, 6) is -0.744. The van der Waals surface area contributed by atoms with Gasteiger partial charge in [-0.3, -0.25) is 4.72 Å². The van der Waals surface area contributed by atoms with Crippen LogP contribution < -0.4 is 10.5 Å². The first-order valence-electron chi connectivity index (χ1n) is 5.70. The Balaban J connectivity index is 2.47. The molecule has 106 valence electrons. The van der Waals surface area contributed by atoms with Crippen molar-refractivity contribution in [1.82, 2.24) is 0 Å². The highest BCUT2D eigenvalue weighted by molar-refractivity contribution is 7.92. The molecular formula is C13H12ClFN2O2S. The van der Waals surface area contributed by atoms with E-state index < -0.39 is 15.8 Å². The predicted molar refractivity (Wildman–Crippen MR) is 76.6 cm³/mol. The zero-order valence-corrected chi connectivity index (χ0v) is 11.9. The van der Waals surface area contributed by atoms with E-state index in [1.165, 1.54) is 18.2 Å². The van der Waals surface area contributed by atoms with Crippen molar-refractivity contribution in [3.63, 3.8) is 0 Å². The summed E-state index contributed by atoms with van der Waals surface area (Å²) in [7, 11) is -3.96. The van der Waals surface area contributed by atoms with Gasteiger partial charge in [0.15, 0.2) is 0 Å². The number of hydrogen-bond donors (Lipinski definition) is 2. The van der Waals surface area contributed by atoms with E-state index in [-0.39, 0.29) is 22.2 Å². The molecule has 0 saturated heterocycles. The summed E-state index contributed by atoms with van der Waals surface area (Å²) in [5, 5.41) is -0.0150. The Hall–Kier alpha value is -1.63. The van der Waals surface area contributed by atoms with E-state index in [2.05, 4.69) is 4.72 Å². The van der Waals surface area contributed by atoms with Crippen molar-refractivity contribution < 1.29 is 12.8 Å². The smallest absolute Gasteiger partial charge is 0.262 e. The summed E-state index contributed by atoms with van der Waals surface area (Å²) in [6.07, 6.45) is 0. The number of nitrogens with two attached hydrogens (primary N) is 1. The summed E-state index contributed by atoms with van der Waals surface area (Å²) in [5.41, 5.74) is 5.67. The third kappa shape index (κ3) is 2.92. The Morgan fingerprint density at radius 3 is 2.50 bits per heavy atom. The number of sulfonamides is 1. The maximum atomic E-state index is 13.6. The van der Waals surface area contributed by atoms with Gasteiger partial charge in [-0.05, 0) is 23.8 Å². The van der Waals surface area contributed by atoms with E-state index in [1.807, 2.05) is 0 Å². The molecule has 0 fully saturated rings. The van der Waals surface area contributed by atoms with Gasteiger partial charge in [0.2, 0.25) is 0 Å². The summed E-state index contributed by atoms with van der Waals surface area (Å²) >= 11 is 5.81. The SMILES string of the molecule is NCc1ccccc1S(=O)(=O)Nc1c(F)cccc1Cl. The lowest BCUT2D eigenvalue weighted by Crippen LogP contribution is -2.17. The van der Waals surface area contributed by atoms with Crippen molar-refractivity contribution in [1.29, 1.82) is 0 Å². The molecule has 2 aromatic rings. The number of para-hydroxylation sites is 1. The maximum absolute atomic E-state index is 13.6. The van der Waals surface area contributed by atoms with Gasteiger partial charge in [0, 0.05) is 6.54 Å². The van der Waals surface area contributed by atoms with Crippen molar-refractivity contribution in [3.8, 4) is 0 Å². The van der Waals surface area contributed by atoms with Gasteiger partial charge in [-0.15, -0.1) is 0 Å². The third-order valence-corrected chi connectivity index (χ3v) is 4.45. The molecule has 0 amide bonds. The molecule has 0 bridgehead atoms. The Kier molecular flexibility index (Phi) is 4.27. The number of benzene rings is 2. The van der Waals surface area contributed by atoms with Gasteiger partial charge < -0.3 is 5.73 Å². The Morgan fingerprint density at radius 1 is 1.15 bits per heavy atom. The number of halogens is 2. The number of nitrogens with one attached hydrogen (secondary N) is 1. The van der Waals surface area contributed by atoms with Crippen LogP contribution in [-0.4, -0.2) is 8.42 Å². The highest BCUT2D eigenvalue weighted by atomic mass is 35.5. The molecular weight excluding hydrogens is 303 g/mol. The highest BCUT2D eigenvalue weighted by Crippen LogP contribution is 2.28. The zero-order chi connectivity index (χ0) is 14.8. The summed E-state index contributed by atoms with van der Waals surface area (Å²) < 4.78 is 40.4. The molecule has 0 aromatic heterocycles. The number of anilines is 1. The Bertz CT molecular complexity index is 715. The van der Waals surface area contributed by atoms with Gasteiger partial charge >= 0.3 is 0 Å². The third-order valence-electron chi connectivity index (χ3n) is 2.68. The zero-order valence-electron chi connectivity index (χ0n) is 10.3. The monoisotopic (exact) mass is 314 g/mol. The average Bonchev–Trinajstić information content (AvgIpc) is 2.43. The van der Waals surface area contributed by atoms with Crippen molar-refractivity contribution >= 4 is 27.3 Å². The fraction of sp³-hybridized carbons (Fsp3) is 0.0769. The standard InChI is InChI=1S/C13H12ClFN2O2S/c14-10-5-3-6-11(15)13(10)17-20(18,19)12-7-2-1-4-9(12)8-16/h1-7,17H,8,16H2. The van der Waals surface area contributed by atoms with Gasteiger partial charge in [-0.2, -0.15) is 0 Å². The Labute approximate surface area is 121 Å². The fourth-order valence-electron chi connectivity index (χ4n) is 1.72. The average molecular weight is 315 g/mol. The normalized spacial score (nSPS) is 11.3. The number of rotatable bonds is 4. The lowest BCUT2D eigenvalue weighted by atomic mass is 10.2. The second kappa shape index (κ2) is 5.78. The van der Waals surface area contributed by atoms with E-state index in [0.717, 1.165) is 6.07 Å². The Morgan fingerprint density at radius 2 is 1.85 bits per heavy atom. The van der Waals surface area contributed by atoms with Crippen molar-refractivity contribution in [2.45, 2.75) is 11.4 Å². The molecule has 0 aliphatic heterocycles. The maximum Gasteiger partial charge on any atom is 0.262 e. The van der Waals surface area contributed by atoms with Crippen LogP contribution in [-0.2, 0) is 16.6 Å². The minimum atomic E-state index is -3.96. The lowest BCUT2D eigenvalue weighted by Gasteiger charge is -2.12. The van der Waals surface area contributed by atoms with E-state index in [9.17, 15) is 12.8 Å². The molecule has 4 nitrogen and oxygen atoms in total. The first-order chi connectivity index (χ1) is 9.45. The summed E-state index contributed by atoms with van der Waals surface area (Å²) in [4.78, 5) is 0.00168. The minimum absolute atomic E-state index is 0.00168. The van der Waals surface area contributed by atoms with Crippen LogP contribution in [0.5, 0.6) is 0 Å². The van der Waals surface area contributed by atoms with Crippen LogP contribution in [0.25, 0.3) is 0 Å². The molecule has 7 heteroatoms. The van der Waals surface area contributed by atoms with E-state index in [0.29, 0.717) is 5.56 Å². The molecule has 0 spiro atoms. The van der Waals surface area contributed by atoms with Crippen LogP contribution in [0, 0.1) is 5.82 Å². The lowest BCUT2D eigenvalue weighted by molar-refractivity contribution is 0.597. The van der Waals surface area contributed by atoms with Gasteiger partial charge in [-0.25, -0.2) is 12.8 Å². The molecule has 0 radical (unpaired) electrons. The molecule has 0 atom stereocenters. The second-order valence-electron chi connectivity index (χ2n) is 4.01. The van der Waals surface area contributed by atoms with Crippen LogP contribution in [0.4, 0.5) is 10.1 Å². The predicted octanol–water partition coefficient (Wildman–Crippen LogP) is 2.74. The largest absolute Gasteiger partial charge is 0.326 e. The van der Waals surface area contributed by atoms with Crippen molar-refractivity contribution in [2.75, 3.05) is 4.72 Å². The van der Waals surface area contributed by atoms with Gasteiger partial charge in [0.25, 0.3) is 10.0 Å². The molecule has 0 aliphatic rings. The van der Waals surface area contributed by atoms with E-state index >= 15 is 0 Å². The molecule has 20 heavy (non-hydrogen) atoms. The van der Waals surface area contributed by atoms with Gasteiger partial charge in [0.1, 0.15) is 11.5 Å². The molecule has 2 rings (SSSR count). The second-order valence-corrected chi connectivity index (χ2v) is 6.07. The summed E-state index contributed by atoms with van der Waals surface area (Å²) in [6, 6.07) is 10.2. The van der Waals surface area contributed by atoms with Crippen molar-refractivity contribution in [3.05, 3.63) is 58.9 Å². The highest BCUT2D eigenvalue weighted by Gasteiger charge is 2.20. The van der Waals surface area contributed by atoms with Crippen LogP contribution >= 0.6 is 11.6 Å². The van der Waals surface area contributed by atoms with Crippen molar-refractivity contribution in [2.24, 2.45) is 5.73 Å². The van der Waals surface area contributed by atoms with Gasteiger partial charge in [0.05, 0.1) is 9.92 Å². The molecule has 2 aromatic carbocycles. The topological polar surface area (TPSA) is 72.2 Å². The first-order valence-corrected chi connectivity index (χ1v) is 7.56. The van der Waals surface area contributed by atoms with Gasteiger partial charge in [-0.1, -0.05) is 35.9 Å². The van der Waals surface area contributed by atoms with E-state index in [4.69, 9.17) is 17.3 Å².